The highest BCUT2D eigenvalue weighted by atomic mass is 19.3. The molecule has 5 rings (SSSR count). The van der Waals surface area contributed by atoms with E-state index in [0.717, 1.165) is 70.2 Å². The molecule has 5 aromatic rings. The van der Waals surface area contributed by atoms with Crippen LogP contribution in [0.25, 0.3) is 22.6 Å². The molecular formula is C37H39F2N3O2. The summed E-state index contributed by atoms with van der Waals surface area (Å²) in [5.41, 5.74) is 7.50. The molecule has 0 amide bonds. The van der Waals surface area contributed by atoms with Crippen LogP contribution in [0, 0.1) is 6.92 Å². The van der Waals surface area contributed by atoms with Crippen LogP contribution < -0.4 is 9.47 Å². The summed E-state index contributed by atoms with van der Waals surface area (Å²) in [5, 5.41) is 0. The molecule has 0 aliphatic carbocycles. The summed E-state index contributed by atoms with van der Waals surface area (Å²) in [5.74, 6) is 1.96. The Balaban J connectivity index is 1.58. The Labute approximate surface area is 258 Å². The van der Waals surface area contributed by atoms with Crippen molar-refractivity contribution in [1.82, 2.24) is 14.5 Å². The number of unbranched alkanes of at least 4 members (excludes halogenated alkanes) is 1. The average Bonchev–Trinajstić information content (AvgIpc) is 3.39. The molecule has 1 heterocycles. The van der Waals surface area contributed by atoms with Crippen LogP contribution in [-0.2, 0) is 26.2 Å². The zero-order chi connectivity index (χ0) is 30.9. The number of methoxy groups -OCH3 is 1. The minimum absolute atomic E-state index is 0.151. The van der Waals surface area contributed by atoms with Crippen LogP contribution in [-0.4, -0.2) is 28.2 Å². The van der Waals surface area contributed by atoms with Crippen LogP contribution in [0.5, 0.6) is 11.5 Å². The van der Waals surface area contributed by atoms with E-state index in [0.29, 0.717) is 19.6 Å². The van der Waals surface area contributed by atoms with Gasteiger partial charge in [0.1, 0.15) is 17.3 Å². The number of halogens is 2. The SMILES string of the molecule is CCCCn1c(-c2ccccc2)nc(-c2ccccc2)c1CN(Cc1ccc(OC(F)F)cc1)Cc1ccc(OC)c(C)c1. The second kappa shape index (κ2) is 14.8. The Kier molecular flexibility index (Phi) is 10.4. The molecule has 0 aliphatic heterocycles. The largest absolute Gasteiger partial charge is 0.496 e. The first-order chi connectivity index (χ1) is 21.4. The van der Waals surface area contributed by atoms with Crippen molar-refractivity contribution in [2.75, 3.05) is 7.11 Å². The third-order valence-electron chi connectivity index (χ3n) is 7.68. The molecule has 44 heavy (non-hydrogen) atoms. The number of rotatable bonds is 14. The predicted octanol–water partition coefficient (Wildman–Crippen LogP) is 9.14. The molecule has 1 aromatic heterocycles. The molecule has 5 nitrogen and oxygen atoms in total. The van der Waals surface area contributed by atoms with E-state index < -0.39 is 6.61 Å². The lowest BCUT2D eigenvalue weighted by atomic mass is 10.1. The Morgan fingerprint density at radius 3 is 2.05 bits per heavy atom. The van der Waals surface area contributed by atoms with Crippen LogP contribution in [0.2, 0.25) is 0 Å². The number of aryl methyl sites for hydroxylation is 1. The summed E-state index contributed by atoms with van der Waals surface area (Å²) < 4.78 is 38.0. The first-order valence-corrected chi connectivity index (χ1v) is 15.0. The van der Waals surface area contributed by atoms with Crippen molar-refractivity contribution in [1.29, 1.82) is 0 Å². The molecule has 0 unspecified atom stereocenters. The molecule has 0 bridgehead atoms. The third-order valence-corrected chi connectivity index (χ3v) is 7.68. The molecule has 0 atom stereocenters. The summed E-state index contributed by atoms with van der Waals surface area (Å²) in [6.07, 6.45) is 2.09. The van der Waals surface area contributed by atoms with Gasteiger partial charge in [-0.05, 0) is 48.2 Å². The van der Waals surface area contributed by atoms with Crippen molar-refractivity contribution >= 4 is 0 Å². The van der Waals surface area contributed by atoms with Gasteiger partial charge in [-0.3, -0.25) is 4.90 Å². The number of ether oxygens (including phenoxy) is 2. The van der Waals surface area contributed by atoms with E-state index in [9.17, 15) is 8.78 Å². The fourth-order valence-corrected chi connectivity index (χ4v) is 5.55. The smallest absolute Gasteiger partial charge is 0.387 e. The molecule has 0 spiro atoms. The highest BCUT2D eigenvalue weighted by molar-refractivity contribution is 5.68. The van der Waals surface area contributed by atoms with Crippen molar-refractivity contribution < 1.29 is 18.3 Å². The zero-order valence-electron chi connectivity index (χ0n) is 25.5. The Morgan fingerprint density at radius 1 is 0.795 bits per heavy atom. The Hall–Kier alpha value is -4.49. The molecule has 0 aliphatic rings. The van der Waals surface area contributed by atoms with Gasteiger partial charge >= 0.3 is 6.61 Å². The van der Waals surface area contributed by atoms with Crippen LogP contribution in [0.1, 0.15) is 42.1 Å². The number of imidazole rings is 1. The van der Waals surface area contributed by atoms with E-state index in [1.807, 2.05) is 49.4 Å². The topological polar surface area (TPSA) is 39.5 Å². The third kappa shape index (κ3) is 7.71. The van der Waals surface area contributed by atoms with Crippen molar-refractivity contribution in [3.63, 3.8) is 0 Å². The van der Waals surface area contributed by atoms with Gasteiger partial charge in [-0.1, -0.05) is 98.3 Å². The van der Waals surface area contributed by atoms with Gasteiger partial charge < -0.3 is 14.0 Å². The summed E-state index contributed by atoms with van der Waals surface area (Å²) in [4.78, 5) is 7.66. The van der Waals surface area contributed by atoms with E-state index in [4.69, 9.17) is 9.72 Å². The summed E-state index contributed by atoms with van der Waals surface area (Å²) in [6, 6.07) is 33.9. The Morgan fingerprint density at radius 2 is 1.43 bits per heavy atom. The molecular weight excluding hydrogens is 556 g/mol. The number of hydrogen-bond donors (Lipinski definition) is 0. The van der Waals surface area contributed by atoms with Gasteiger partial charge in [-0.2, -0.15) is 8.78 Å². The molecule has 0 fully saturated rings. The van der Waals surface area contributed by atoms with E-state index in [-0.39, 0.29) is 5.75 Å². The van der Waals surface area contributed by atoms with Gasteiger partial charge in [0.05, 0.1) is 18.5 Å². The number of nitrogens with zero attached hydrogens (tertiary/aromatic N) is 3. The maximum absolute atomic E-state index is 12.8. The van der Waals surface area contributed by atoms with Crippen LogP contribution in [0.15, 0.2) is 103 Å². The minimum Gasteiger partial charge on any atom is -0.496 e. The van der Waals surface area contributed by atoms with Gasteiger partial charge in [0.25, 0.3) is 0 Å². The minimum atomic E-state index is -2.85. The van der Waals surface area contributed by atoms with E-state index >= 15 is 0 Å². The van der Waals surface area contributed by atoms with Crippen LogP contribution in [0.4, 0.5) is 8.78 Å². The first-order valence-electron chi connectivity index (χ1n) is 15.0. The van der Waals surface area contributed by atoms with Crippen molar-refractivity contribution in [2.24, 2.45) is 0 Å². The van der Waals surface area contributed by atoms with Gasteiger partial charge in [-0.15, -0.1) is 0 Å². The average molecular weight is 596 g/mol. The maximum Gasteiger partial charge on any atom is 0.387 e. The Bertz CT molecular complexity index is 1620. The predicted molar refractivity (Wildman–Crippen MR) is 172 cm³/mol. The van der Waals surface area contributed by atoms with Gasteiger partial charge in [0.2, 0.25) is 0 Å². The van der Waals surface area contributed by atoms with Crippen LogP contribution >= 0.6 is 0 Å². The molecule has 4 aromatic carbocycles. The summed E-state index contributed by atoms with van der Waals surface area (Å²) in [7, 11) is 1.68. The fraction of sp³-hybridized carbons (Fsp3) is 0.270. The van der Waals surface area contributed by atoms with Crippen LogP contribution in [0.3, 0.4) is 0 Å². The fourth-order valence-electron chi connectivity index (χ4n) is 5.55. The summed E-state index contributed by atoms with van der Waals surface area (Å²) in [6.45, 7) is 4.17. The molecule has 0 radical (unpaired) electrons. The number of benzene rings is 4. The molecule has 0 N–H and O–H groups in total. The first kappa shape index (κ1) is 31.0. The van der Waals surface area contributed by atoms with Crippen molar-refractivity contribution in [3.8, 4) is 34.1 Å². The molecule has 0 saturated carbocycles. The van der Waals surface area contributed by atoms with Gasteiger partial charge in [0.15, 0.2) is 0 Å². The monoisotopic (exact) mass is 595 g/mol. The lowest BCUT2D eigenvalue weighted by Crippen LogP contribution is -2.24. The normalized spacial score (nSPS) is 11.3. The second-order valence-electron chi connectivity index (χ2n) is 10.9. The number of hydrogen-bond acceptors (Lipinski definition) is 4. The quantitative estimate of drug-likeness (QED) is 0.128. The highest BCUT2D eigenvalue weighted by Crippen LogP contribution is 2.32. The summed E-state index contributed by atoms with van der Waals surface area (Å²) >= 11 is 0. The molecule has 7 heteroatoms. The van der Waals surface area contributed by atoms with Gasteiger partial charge in [-0.25, -0.2) is 4.98 Å². The van der Waals surface area contributed by atoms with Crippen molar-refractivity contribution in [2.45, 2.75) is 59.5 Å². The lowest BCUT2D eigenvalue weighted by Gasteiger charge is -2.25. The number of alkyl halides is 2. The van der Waals surface area contributed by atoms with E-state index in [1.54, 1.807) is 19.2 Å². The zero-order valence-corrected chi connectivity index (χ0v) is 25.5. The lowest BCUT2D eigenvalue weighted by molar-refractivity contribution is -0.0498. The molecule has 0 saturated heterocycles. The van der Waals surface area contributed by atoms with Crippen molar-refractivity contribution in [3.05, 3.63) is 126 Å². The number of aromatic nitrogens is 2. The maximum atomic E-state index is 12.8. The molecule has 228 valence electrons. The van der Waals surface area contributed by atoms with E-state index in [1.165, 1.54) is 0 Å². The van der Waals surface area contributed by atoms with E-state index in [2.05, 4.69) is 69.7 Å². The highest BCUT2D eigenvalue weighted by Gasteiger charge is 2.22. The standard InChI is InChI=1S/C37H39F2N3O2/c1-4-5-22-42-33(35(30-12-8-6-9-13-30)40-36(42)31-14-10-7-11-15-31)26-41(25-29-18-21-34(43-3)27(2)23-29)24-28-16-19-32(20-17-28)44-37(38)39/h6-21,23,37H,4-5,22,24-26H2,1-3H3. The second-order valence-corrected chi connectivity index (χ2v) is 10.9. The van der Waals surface area contributed by atoms with Gasteiger partial charge in [0, 0.05) is 37.3 Å².